The fourth-order valence-corrected chi connectivity index (χ4v) is 3.50. The standard InChI is InChI=1S/C17H19F3N2O2S/c1-10-13(16(2,3)4)25-15(22(10)5)21-14(23)11-8-6-7-9-12(11)24-17(18,19)20/h6-9H,1-5H3. The molecule has 2 rings (SSSR count). The van der Waals surface area contributed by atoms with Crippen LogP contribution in [-0.2, 0) is 12.5 Å². The second-order valence-corrected chi connectivity index (χ2v) is 7.55. The number of amides is 1. The van der Waals surface area contributed by atoms with Crippen LogP contribution in [0.3, 0.4) is 0 Å². The summed E-state index contributed by atoms with van der Waals surface area (Å²) >= 11 is 1.35. The van der Waals surface area contributed by atoms with E-state index in [4.69, 9.17) is 0 Å². The van der Waals surface area contributed by atoms with Crippen LogP contribution in [0, 0.1) is 6.92 Å². The highest BCUT2D eigenvalue weighted by Gasteiger charge is 2.33. The zero-order chi connectivity index (χ0) is 19.0. The number of hydrogen-bond donors (Lipinski definition) is 0. The number of halogens is 3. The second-order valence-electron chi connectivity index (χ2n) is 6.57. The number of rotatable bonds is 2. The summed E-state index contributed by atoms with van der Waals surface area (Å²) < 4.78 is 43.2. The Morgan fingerprint density at radius 2 is 1.80 bits per heavy atom. The lowest BCUT2D eigenvalue weighted by molar-refractivity contribution is -0.274. The highest BCUT2D eigenvalue weighted by atomic mass is 32.1. The molecule has 0 aliphatic heterocycles. The summed E-state index contributed by atoms with van der Waals surface area (Å²) in [6.07, 6.45) is -4.88. The molecule has 4 nitrogen and oxygen atoms in total. The van der Waals surface area contributed by atoms with Crippen molar-refractivity contribution < 1.29 is 22.7 Å². The molecule has 1 aromatic carbocycles. The van der Waals surface area contributed by atoms with Crippen molar-refractivity contribution in [1.82, 2.24) is 4.57 Å². The van der Waals surface area contributed by atoms with Gasteiger partial charge in [-0.3, -0.25) is 4.79 Å². The quantitative estimate of drug-likeness (QED) is 0.787. The van der Waals surface area contributed by atoms with Crippen molar-refractivity contribution in [3.05, 3.63) is 45.2 Å². The molecular formula is C17H19F3N2O2S. The normalized spacial score (nSPS) is 13.2. The zero-order valence-electron chi connectivity index (χ0n) is 14.6. The van der Waals surface area contributed by atoms with E-state index in [0.717, 1.165) is 16.6 Å². The Bertz CT molecular complexity index is 858. The van der Waals surface area contributed by atoms with Gasteiger partial charge in [0.05, 0.1) is 5.56 Å². The molecule has 0 aliphatic carbocycles. The number of hydrogen-bond acceptors (Lipinski definition) is 3. The summed E-state index contributed by atoms with van der Waals surface area (Å²) in [6, 6.07) is 5.19. The molecule has 8 heteroatoms. The van der Waals surface area contributed by atoms with Crippen molar-refractivity contribution in [2.75, 3.05) is 0 Å². The van der Waals surface area contributed by atoms with Crippen LogP contribution in [0.5, 0.6) is 5.75 Å². The molecule has 0 unspecified atom stereocenters. The second kappa shape index (κ2) is 6.67. The minimum atomic E-state index is -4.88. The van der Waals surface area contributed by atoms with Gasteiger partial charge in [-0.25, -0.2) is 0 Å². The molecular weight excluding hydrogens is 353 g/mol. The van der Waals surface area contributed by atoms with E-state index in [1.807, 2.05) is 27.7 Å². The number of aromatic nitrogens is 1. The third-order valence-corrected chi connectivity index (χ3v) is 5.19. The highest BCUT2D eigenvalue weighted by Crippen LogP contribution is 2.29. The Balaban J connectivity index is 2.49. The van der Waals surface area contributed by atoms with Crippen LogP contribution in [0.2, 0.25) is 0 Å². The van der Waals surface area contributed by atoms with E-state index in [1.165, 1.54) is 29.5 Å². The number of nitrogens with zero attached hydrogens (tertiary/aromatic N) is 2. The van der Waals surface area contributed by atoms with Crippen LogP contribution in [0.1, 0.15) is 41.7 Å². The third kappa shape index (κ3) is 4.50. The summed E-state index contributed by atoms with van der Waals surface area (Å²) in [5.41, 5.74) is 0.604. The van der Waals surface area contributed by atoms with E-state index < -0.39 is 18.0 Å². The van der Waals surface area contributed by atoms with Gasteiger partial charge in [-0.2, -0.15) is 4.99 Å². The first-order valence-corrected chi connectivity index (χ1v) is 8.32. The predicted octanol–water partition coefficient (Wildman–Crippen LogP) is 4.33. The minimum Gasteiger partial charge on any atom is -0.405 e. The Kier molecular flexibility index (Phi) is 5.13. The largest absolute Gasteiger partial charge is 0.573 e. The van der Waals surface area contributed by atoms with E-state index >= 15 is 0 Å². The van der Waals surface area contributed by atoms with Gasteiger partial charge >= 0.3 is 6.36 Å². The third-order valence-electron chi connectivity index (χ3n) is 3.53. The number of alkyl halides is 3. The fourth-order valence-electron chi connectivity index (χ4n) is 2.33. The molecule has 0 radical (unpaired) electrons. The van der Waals surface area contributed by atoms with Crippen LogP contribution in [0.25, 0.3) is 0 Å². The number of ether oxygens (including phenoxy) is 1. The first-order chi connectivity index (χ1) is 11.4. The molecule has 0 saturated heterocycles. The van der Waals surface area contributed by atoms with Gasteiger partial charge in [0.1, 0.15) is 5.75 Å². The molecule has 2 aromatic rings. The number of benzene rings is 1. The minimum absolute atomic E-state index is 0.124. The van der Waals surface area contributed by atoms with Gasteiger partial charge in [0, 0.05) is 17.6 Å². The maximum Gasteiger partial charge on any atom is 0.573 e. The number of para-hydroxylation sites is 1. The van der Waals surface area contributed by atoms with Crippen molar-refractivity contribution in [1.29, 1.82) is 0 Å². The highest BCUT2D eigenvalue weighted by molar-refractivity contribution is 7.09. The first kappa shape index (κ1) is 19.2. The lowest BCUT2D eigenvalue weighted by Gasteiger charge is -2.17. The maximum absolute atomic E-state index is 12.5. The van der Waals surface area contributed by atoms with Gasteiger partial charge in [0.25, 0.3) is 5.91 Å². The van der Waals surface area contributed by atoms with Crippen molar-refractivity contribution in [3.63, 3.8) is 0 Å². The van der Waals surface area contributed by atoms with E-state index in [9.17, 15) is 18.0 Å². The van der Waals surface area contributed by atoms with Crippen LogP contribution in [0.4, 0.5) is 13.2 Å². The van der Waals surface area contributed by atoms with E-state index in [2.05, 4.69) is 9.73 Å². The van der Waals surface area contributed by atoms with E-state index in [1.54, 1.807) is 11.6 Å². The molecule has 0 saturated carbocycles. The first-order valence-electron chi connectivity index (χ1n) is 7.51. The monoisotopic (exact) mass is 372 g/mol. The van der Waals surface area contributed by atoms with Crippen LogP contribution >= 0.6 is 11.3 Å². The van der Waals surface area contributed by atoms with Gasteiger partial charge in [-0.15, -0.1) is 24.5 Å². The zero-order valence-corrected chi connectivity index (χ0v) is 15.4. The lowest BCUT2D eigenvalue weighted by atomic mass is 9.93. The van der Waals surface area contributed by atoms with Crippen LogP contribution in [-0.4, -0.2) is 16.8 Å². The molecule has 0 N–H and O–H groups in total. The molecule has 1 aromatic heterocycles. The molecule has 0 fully saturated rings. The molecule has 0 aliphatic rings. The van der Waals surface area contributed by atoms with Gasteiger partial charge < -0.3 is 9.30 Å². The number of carbonyl (C=O) groups is 1. The average Bonchev–Trinajstić information content (AvgIpc) is 2.74. The number of thiazole rings is 1. The molecule has 0 atom stereocenters. The fraction of sp³-hybridized carbons (Fsp3) is 0.412. The molecule has 1 amide bonds. The average molecular weight is 372 g/mol. The lowest BCUT2D eigenvalue weighted by Crippen LogP contribution is -2.19. The van der Waals surface area contributed by atoms with E-state index in [-0.39, 0.29) is 11.0 Å². The number of carbonyl (C=O) groups excluding carboxylic acids is 1. The maximum atomic E-state index is 12.5. The van der Waals surface area contributed by atoms with E-state index in [0.29, 0.717) is 4.80 Å². The molecule has 25 heavy (non-hydrogen) atoms. The summed E-state index contributed by atoms with van der Waals surface area (Å²) in [5.74, 6) is -1.34. The Morgan fingerprint density at radius 3 is 2.32 bits per heavy atom. The Labute approximate surface area is 147 Å². The van der Waals surface area contributed by atoms with Gasteiger partial charge in [-0.05, 0) is 24.5 Å². The molecule has 0 spiro atoms. The van der Waals surface area contributed by atoms with Crippen molar-refractivity contribution in [2.45, 2.75) is 39.5 Å². The summed E-state index contributed by atoms with van der Waals surface area (Å²) in [7, 11) is 1.77. The van der Waals surface area contributed by atoms with Crippen molar-refractivity contribution in [2.24, 2.45) is 12.0 Å². The van der Waals surface area contributed by atoms with Crippen LogP contribution < -0.4 is 9.54 Å². The molecule has 136 valence electrons. The topological polar surface area (TPSA) is 43.6 Å². The van der Waals surface area contributed by atoms with Crippen molar-refractivity contribution >= 4 is 17.2 Å². The summed E-state index contributed by atoms with van der Waals surface area (Å²) in [4.78, 5) is 17.9. The molecule has 1 heterocycles. The SMILES string of the molecule is Cc1c(C(C)(C)C)sc(=NC(=O)c2ccccc2OC(F)(F)F)n1C. The van der Waals surface area contributed by atoms with Gasteiger partial charge in [-0.1, -0.05) is 32.9 Å². The smallest absolute Gasteiger partial charge is 0.405 e. The summed E-state index contributed by atoms with van der Waals surface area (Å²) in [5, 5.41) is 0. The van der Waals surface area contributed by atoms with Gasteiger partial charge in [0.15, 0.2) is 4.80 Å². The molecule has 0 bridgehead atoms. The predicted molar refractivity (Wildman–Crippen MR) is 89.7 cm³/mol. The van der Waals surface area contributed by atoms with Crippen LogP contribution in [0.15, 0.2) is 29.3 Å². The Morgan fingerprint density at radius 1 is 1.20 bits per heavy atom. The summed E-state index contributed by atoms with van der Waals surface area (Å²) in [6.45, 7) is 8.05. The van der Waals surface area contributed by atoms with Crippen molar-refractivity contribution in [3.8, 4) is 5.75 Å². The Hall–Kier alpha value is -2.09. The van der Waals surface area contributed by atoms with Gasteiger partial charge in [0.2, 0.25) is 0 Å².